The van der Waals surface area contributed by atoms with E-state index in [2.05, 4.69) is 0 Å². The fraction of sp³-hybridized carbons (Fsp3) is 0.462. The summed E-state index contributed by atoms with van der Waals surface area (Å²) < 4.78 is 9.73. The van der Waals surface area contributed by atoms with Gasteiger partial charge in [0.05, 0.1) is 26.2 Å². The molecule has 106 valence electrons. The molecule has 2 unspecified atom stereocenters. The molecule has 0 bridgehead atoms. The Hall–Kier alpha value is -1.79. The number of esters is 1. The van der Waals surface area contributed by atoms with Crippen LogP contribution in [0.25, 0.3) is 0 Å². The number of hydrogen-bond donors (Lipinski definition) is 3. The van der Waals surface area contributed by atoms with Gasteiger partial charge >= 0.3 is 5.97 Å². The average molecular weight is 269 g/mol. The summed E-state index contributed by atoms with van der Waals surface area (Å²) in [4.78, 5) is 11.2. The highest BCUT2D eigenvalue weighted by molar-refractivity contribution is 5.70. The van der Waals surface area contributed by atoms with Crippen molar-refractivity contribution in [3.8, 4) is 5.75 Å². The van der Waals surface area contributed by atoms with Gasteiger partial charge in [0.2, 0.25) is 0 Å². The minimum atomic E-state index is -1.26. The summed E-state index contributed by atoms with van der Waals surface area (Å²) in [6.45, 7) is 1.90. The van der Waals surface area contributed by atoms with Crippen molar-refractivity contribution < 1.29 is 24.5 Å². The molecular weight excluding hydrogens is 250 g/mol. The average Bonchev–Trinajstić information content (AvgIpc) is 2.37. The highest BCUT2D eigenvalue weighted by atomic mass is 16.5. The van der Waals surface area contributed by atoms with Gasteiger partial charge in [-0.25, -0.2) is 0 Å². The van der Waals surface area contributed by atoms with E-state index >= 15 is 0 Å². The van der Waals surface area contributed by atoms with Gasteiger partial charge in [0.25, 0.3) is 0 Å². The zero-order valence-electron chi connectivity index (χ0n) is 11.0. The monoisotopic (exact) mass is 269 g/mol. The number of nitrogen functional groups attached to an aromatic ring is 1. The van der Waals surface area contributed by atoms with Crippen molar-refractivity contribution >= 4 is 11.7 Å². The molecule has 4 N–H and O–H groups in total. The molecule has 0 aliphatic rings. The molecule has 0 spiro atoms. The zero-order valence-corrected chi connectivity index (χ0v) is 11.0. The number of rotatable bonds is 6. The summed E-state index contributed by atoms with van der Waals surface area (Å²) in [6, 6.07) is 4.66. The lowest BCUT2D eigenvalue weighted by molar-refractivity contribution is -0.147. The Morgan fingerprint density at radius 3 is 2.63 bits per heavy atom. The standard InChI is InChI=1S/C13H19NO5/c1-3-19-12(16)7-11(15)13(17)8-4-9(14)6-10(5-8)18-2/h4-6,11,13,15,17H,3,7,14H2,1-2H3. The molecule has 2 atom stereocenters. The molecule has 0 radical (unpaired) electrons. The maximum absolute atomic E-state index is 11.2. The molecule has 6 nitrogen and oxygen atoms in total. The maximum atomic E-state index is 11.2. The minimum absolute atomic E-state index is 0.230. The van der Waals surface area contributed by atoms with Gasteiger partial charge in [-0.2, -0.15) is 0 Å². The summed E-state index contributed by atoms with van der Waals surface area (Å²) in [5.74, 6) is -0.0951. The highest BCUT2D eigenvalue weighted by Gasteiger charge is 2.22. The first-order chi connectivity index (χ1) is 8.97. The van der Waals surface area contributed by atoms with E-state index in [0.717, 1.165) is 0 Å². The minimum Gasteiger partial charge on any atom is -0.497 e. The van der Waals surface area contributed by atoms with Crippen molar-refractivity contribution in [2.24, 2.45) is 0 Å². The summed E-state index contributed by atoms with van der Waals surface area (Å²) in [5.41, 5.74) is 6.44. The predicted molar refractivity (Wildman–Crippen MR) is 69.6 cm³/mol. The quantitative estimate of drug-likeness (QED) is 0.517. The van der Waals surface area contributed by atoms with Crippen LogP contribution in [-0.2, 0) is 9.53 Å². The number of methoxy groups -OCH3 is 1. The van der Waals surface area contributed by atoms with Gasteiger partial charge in [-0.15, -0.1) is 0 Å². The maximum Gasteiger partial charge on any atom is 0.308 e. The van der Waals surface area contributed by atoms with Crippen LogP contribution in [-0.4, -0.2) is 36.0 Å². The van der Waals surface area contributed by atoms with E-state index in [-0.39, 0.29) is 13.0 Å². The third-order valence-electron chi connectivity index (χ3n) is 2.57. The summed E-state index contributed by atoms with van der Waals surface area (Å²) in [6.07, 6.45) is -2.78. The molecular formula is C13H19NO5. The SMILES string of the molecule is CCOC(=O)CC(O)C(O)c1cc(N)cc(OC)c1. The van der Waals surface area contributed by atoms with Crippen LogP contribution in [0.2, 0.25) is 0 Å². The van der Waals surface area contributed by atoms with Crippen molar-refractivity contribution in [1.29, 1.82) is 0 Å². The van der Waals surface area contributed by atoms with Gasteiger partial charge in [0.1, 0.15) is 11.9 Å². The van der Waals surface area contributed by atoms with Crippen molar-refractivity contribution in [2.75, 3.05) is 19.5 Å². The first-order valence-electron chi connectivity index (χ1n) is 5.94. The lowest BCUT2D eigenvalue weighted by Gasteiger charge is -2.18. The molecule has 19 heavy (non-hydrogen) atoms. The first-order valence-corrected chi connectivity index (χ1v) is 5.94. The van der Waals surface area contributed by atoms with Gasteiger partial charge in [0, 0.05) is 11.8 Å². The Labute approximate surface area is 111 Å². The van der Waals surface area contributed by atoms with Crippen molar-refractivity contribution in [3.05, 3.63) is 23.8 Å². The molecule has 1 aromatic carbocycles. The number of anilines is 1. The fourth-order valence-corrected chi connectivity index (χ4v) is 1.66. The molecule has 1 rings (SSSR count). The number of ether oxygens (including phenoxy) is 2. The van der Waals surface area contributed by atoms with Gasteiger partial charge in [-0.1, -0.05) is 0 Å². The molecule has 0 aromatic heterocycles. The number of hydrogen-bond acceptors (Lipinski definition) is 6. The van der Waals surface area contributed by atoms with Crippen molar-refractivity contribution in [3.63, 3.8) is 0 Å². The van der Waals surface area contributed by atoms with Crippen LogP contribution in [0.15, 0.2) is 18.2 Å². The second-order valence-electron chi connectivity index (χ2n) is 4.06. The molecule has 1 aromatic rings. The molecule has 0 heterocycles. The van der Waals surface area contributed by atoms with E-state index in [1.807, 2.05) is 0 Å². The molecule has 6 heteroatoms. The van der Waals surface area contributed by atoms with E-state index in [4.69, 9.17) is 15.2 Å². The van der Waals surface area contributed by atoms with Gasteiger partial charge < -0.3 is 25.4 Å². The van der Waals surface area contributed by atoms with Crippen molar-refractivity contribution in [1.82, 2.24) is 0 Å². The topological polar surface area (TPSA) is 102 Å². The van der Waals surface area contributed by atoms with E-state index in [0.29, 0.717) is 17.0 Å². The lowest BCUT2D eigenvalue weighted by Crippen LogP contribution is -2.23. The van der Waals surface area contributed by atoms with Gasteiger partial charge in [-0.3, -0.25) is 4.79 Å². The molecule has 0 saturated heterocycles. The number of aliphatic hydroxyl groups excluding tert-OH is 2. The third-order valence-corrected chi connectivity index (χ3v) is 2.57. The van der Waals surface area contributed by atoms with Gasteiger partial charge in [-0.05, 0) is 24.6 Å². The van der Waals surface area contributed by atoms with Gasteiger partial charge in [0.15, 0.2) is 0 Å². The molecule has 0 saturated carbocycles. The molecule has 0 fully saturated rings. The number of benzene rings is 1. The summed E-state index contributed by atoms with van der Waals surface area (Å²) >= 11 is 0. The number of carbonyl (C=O) groups excluding carboxylic acids is 1. The lowest BCUT2D eigenvalue weighted by atomic mass is 10.0. The number of carbonyl (C=O) groups is 1. The highest BCUT2D eigenvalue weighted by Crippen LogP contribution is 2.26. The Morgan fingerprint density at radius 2 is 2.05 bits per heavy atom. The Kier molecular flexibility index (Phi) is 5.59. The third kappa shape index (κ3) is 4.42. The Bertz CT molecular complexity index is 435. The van der Waals surface area contributed by atoms with Crippen molar-refractivity contribution in [2.45, 2.75) is 25.6 Å². The van der Waals surface area contributed by atoms with Crippen LogP contribution in [0, 0.1) is 0 Å². The second kappa shape index (κ2) is 6.96. The Morgan fingerprint density at radius 1 is 1.37 bits per heavy atom. The van der Waals surface area contributed by atoms with Crippen LogP contribution >= 0.6 is 0 Å². The molecule has 0 aliphatic heterocycles. The van der Waals surface area contributed by atoms with Crippen LogP contribution in [0.1, 0.15) is 25.0 Å². The molecule has 0 aliphatic carbocycles. The van der Waals surface area contributed by atoms with Crippen LogP contribution in [0.5, 0.6) is 5.75 Å². The van der Waals surface area contributed by atoms with E-state index in [1.54, 1.807) is 19.1 Å². The largest absolute Gasteiger partial charge is 0.497 e. The number of aliphatic hydroxyl groups is 2. The second-order valence-corrected chi connectivity index (χ2v) is 4.06. The van der Waals surface area contributed by atoms with E-state index < -0.39 is 18.2 Å². The number of nitrogens with two attached hydrogens (primary N) is 1. The van der Waals surface area contributed by atoms with E-state index in [1.165, 1.54) is 13.2 Å². The summed E-state index contributed by atoms with van der Waals surface area (Å²) in [5, 5.41) is 19.8. The van der Waals surface area contributed by atoms with E-state index in [9.17, 15) is 15.0 Å². The first kappa shape index (κ1) is 15.3. The predicted octanol–water partition coefficient (Wildman–Crippen LogP) is 0.625. The summed E-state index contributed by atoms with van der Waals surface area (Å²) in [7, 11) is 1.47. The normalized spacial score (nSPS) is 13.7. The Balaban J connectivity index is 2.78. The fourth-order valence-electron chi connectivity index (χ4n) is 1.66. The smallest absolute Gasteiger partial charge is 0.308 e. The zero-order chi connectivity index (χ0) is 14.4. The van der Waals surface area contributed by atoms with Crippen LogP contribution in [0.4, 0.5) is 5.69 Å². The van der Waals surface area contributed by atoms with Crippen LogP contribution in [0.3, 0.4) is 0 Å². The van der Waals surface area contributed by atoms with Crippen LogP contribution < -0.4 is 10.5 Å². The molecule has 0 amide bonds.